The normalized spacial score (nSPS) is 16.4. The summed E-state index contributed by atoms with van der Waals surface area (Å²) in [5.74, 6) is -0.941. The van der Waals surface area contributed by atoms with E-state index in [2.05, 4.69) is 16.0 Å². The Morgan fingerprint density at radius 3 is 2.52 bits per heavy atom. The first-order chi connectivity index (χ1) is 11.8. The Bertz CT molecular complexity index is 821. The minimum Gasteiger partial charge on any atom is -0.372 e. The minimum absolute atomic E-state index is 0.0245. The van der Waals surface area contributed by atoms with Crippen LogP contribution >= 0.6 is 0 Å². The van der Waals surface area contributed by atoms with Crippen LogP contribution in [-0.2, 0) is 15.8 Å². The summed E-state index contributed by atoms with van der Waals surface area (Å²) in [6.45, 7) is 0. The Balaban J connectivity index is 1.66. The maximum absolute atomic E-state index is 12.7. The van der Waals surface area contributed by atoms with E-state index in [4.69, 9.17) is 0 Å². The van der Waals surface area contributed by atoms with Gasteiger partial charge in [-0.15, -0.1) is 0 Å². The number of alkyl halides is 3. The van der Waals surface area contributed by atoms with Crippen LogP contribution < -0.4 is 16.0 Å². The number of nitrogens with one attached hydrogen (secondary N) is 3. The fourth-order valence-corrected chi connectivity index (χ4v) is 2.51. The van der Waals surface area contributed by atoms with Crippen LogP contribution in [0.2, 0.25) is 0 Å². The molecule has 25 heavy (non-hydrogen) atoms. The van der Waals surface area contributed by atoms with Crippen molar-refractivity contribution in [2.45, 2.75) is 18.6 Å². The average Bonchev–Trinajstić information content (AvgIpc) is 2.55. The van der Waals surface area contributed by atoms with Gasteiger partial charge in [0.2, 0.25) is 11.8 Å². The average molecular weight is 349 g/mol. The molecule has 0 radical (unpaired) electrons. The molecule has 0 aromatic heterocycles. The molecule has 3 rings (SSSR count). The molecule has 0 aliphatic carbocycles. The predicted octanol–water partition coefficient (Wildman–Crippen LogP) is 3.47. The van der Waals surface area contributed by atoms with Crippen molar-refractivity contribution in [3.63, 3.8) is 0 Å². The van der Waals surface area contributed by atoms with Crippen LogP contribution in [0.3, 0.4) is 0 Å². The third-order valence-electron chi connectivity index (χ3n) is 3.69. The van der Waals surface area contributed by atoms with Gasteiger partial charge in [0.05, 0.1) is 23.4 Å². The molecule has 2 amide bonds. The van der Waals surface area contributed by atoms with Gasteiger partial charge in [-0.05, 0) is 30.3 Å². The molecular weight excluding hydrogens is 335 g/mol. The van der Waals surface area contributed by atoms with Crippen LogP contribution in [-0.4, -0.2) is 17.9 Å². The lowest BCUT2D eigenvalue weighted by Gasteiger charge is -2.26. The molecule has 1 aliphatic heterocycles. The zero-order chi connectivity index (χ0) is 18.0. The van der Waals surface area contributed by atoms with Crippen LogP contribution in [0.4, 0.5) is 30.2 Å². The van der Waals surface area contributed by atoms with Crippen molar-refractivity contribution in [1.82, 2.24) is 0 Å². The third kappa shape index (κ3) is 3.90. The number of amides is 2. The van der Waals surface area contributed by atoms with E-state index in [0.29, 0.717) is 11.4 Å². The molecule has 2 aromatic carbocycles. The van der Waals surface area contributed by atoms with E-state index >= 15 is 0 Å². The molecule has 1 atom stereocenters. The van der Waals surface area contributed by atoms with E-state index in [-0.39, 0.29) is 18.0 Å². The Morgan fingerprint density at radius 1 is 1.08 bits per heavy atom. The highest BCUT2D eigenvalue weighted by atomic mass is 19.4. The van der Waals surface area contributed by atoms with Crippen molar-refractivity contribution < 1.29 is 22.8 Å². The maximum Gasteiger partial charge on any atom is 0.416 e. The van der Waals surface area contributed by atoms with Crippen LogP contribution in [0, 0.1) is 0 Å². The molecule has 8 heteroatoms. The number of para-hydroxylation sites is 2. The molecule has 1 heterocycles. The summed E-state index contributed by atoms with van der Waals surface area (Å²) in [4.78, 5) is 24.1. The highest BCUT2D eigenvalue weighted by Crippen LogP contribution is 2.31. The van der Waals surface area contributed by atoms with Crippen LogP contribution in [0.15, 0.2) is 48.5 Å². The van der Waals surface area contributed by atoms with E-state index in [9.17, 15) is 22.8 Å². The number of benzene rings is 2. The highest BCUT2D eigenvalue weighted by Gasteiger charge is 2.31. The van der Waals surface area contributed by atoms with E-state index in [0.717, 1.165) is 12.1 Å². The second-order valence-electron chi connectivity index (χ2n) is 5.56. The molecule has 0 spiro atoms. The second kappa shape index (κ2) is 6.46. The Morgan fingerprint density at radius 2 is 1.80 bits per heavy atom. The molecule has 0 saturated carbocycles. The Kier molecular flexibility index (Phi) is 4.35. The van der Waals surface area contributed by atoms with Gasteiger partial charge >= 0.3 is 6.18 Å². The van der Waals surface area contributed by atoms with Gasteiger partial charge in [-0.3, -0.25) is 9.59 Å². The standard InChI is InChI=1S/C17H14F3N3O2/c18-17(19,20)10-4-3-5-11(8-10)21-15(24)9-14-16(25)23-13-7-2-1-6-12(13)22-14/h1-8,14,22H,9H2,(H,21,24)(H,23,25)/t14-/m0/s1. The Labute approximate surface area is 141 Å². The predicted molar refractivity (Wildman–Crippen MR) is 87.2 cm³/mol. The van der Waals surface area contributed by atoms with Crippen LogP contribution in [0.25, 0.3) is 0 Å². The zero-order valence-electron chi connectivity index (χ0n) is 12.9. The topological polar surface area (TPSA) is 70.2 Å². The molecule has 2 aromatic rings. The van der Waals surface area contributed by atoms with E-state index in [1.807, 2.05) is 0 Å². The Hall–Kier alpha value is -3.03. The van der Waals surface area contributed by atoms with Crippen LogP contribution in [0.1, 0.15) is 12.0 Å². The summed E-state index contributed by atoms with van der Waals surface area (Å²) >= 11 is 0. The summed E-state index contributed by atoms with van der Waals surface area (Å²) in [6, 6.07) is 10.6. The lowest BCUT2D eigenvalue weighted by molar-refractivity contribution is -0.137. The number of fused-ring (bicyclic) bond motifs is 1. The first-order valence-corrected chi connectivity index (χ1v) is 7.46. The largest absolute Gasteiger partial charge is 0.416 e. The summed E-state index contributed by atoms with van der Waals surface area (Å²) in [7, 11) is 0. The van der Waals surface area contributed by atoms with Gasteiger partial charge in [0.15, 0.2) is 0 Å². The summed E-state index contributed by atoms with van der Waals surface area (Å²) in [6.07, 6.45) is -4.70. The van der Waals surface area contributed by atoms with Gasteiger partial charge in [0.25, 0.3) is 0 Å². The molecule has 1 aliphatic rings. The summed E-state index contributed by atoms with van der Waals surface area (Å²) in [5, 5.41) is 8.01. The molecular formula is C17H14F3N3O2. The number of hydrogen-bond acceptors (Lipinski definition) is 3. The van der Waals surface area contributed by atoms with Crippen molar-refractivity contribution in [2.24, 2.45) is 0 Å². The van der Waals surface area contributed by atoms with E-state index < -0.39 is 23.7 Å². The van der Waals surface area contributed by atoms with Crippen molar-refractivity contribution in [3.05, 3.63) is 54.1 Å². The lowest BCUT2D eigenvalue weighted by Crippen LogP contribution is -2.41. The number of anilines is 3. The quantitative estimate of drug-likeness (QED) is 0.795. The molecule has 3 N–H and O–H groups in total. The SMILES string of the molecule is O=C(C[C@@H]1Nc2ccccc2NC1=O)Nc1cccc(C(F)(F)F)c1. The van der Waals surface area contributed by atoms with Gasteiger partial charge in [-0.1, -0.05) is 18.2 Å². The molecule has 130 valence electrons. The van der Waals surface area contributed by atoms with Gasteiger partial charge in [-0.2, -0.15) is 13.2 Å². The smallest absolute Gasteiger partial charge is 0.372 e. The highest BCUT2D eigenvalue weighted by molar-refractivity contribution is 6.06. The zero-order valence-corrected chi connectivity index (χ0v) is 12.9. The molecule has 0 unspecified atom stereocenters. The first-order valence-electron chi connectivity index (χ1n) is 7.46. The first kappa shape index (κ1) is 16.8. The summed E-state index contributed by atoms with van der Waals surface area (Å²) in [5.41, 5.74) is 0.463. The second-order valence-corrected chi connectivity index (χ2v) is 5.56. The van der Waals surface area contributed by atoms with Crippen molar-refractivity contribution >= 4 is 28.9 Å². The van der Waals surface area contributed by atoms with Gasteiger partial charge in [0.1, 0.15) is 6.04 Å². The number of halogens is 3. The van der Waals surface area contributed by atoms with E-state index in [1.165, 1.54) is 12.1 Å². The fourth-order valence-electron chi connectivity index (χ4n) is 2.51. The molecule has 0 fully saturated rings. The third-order valence-corrected chi connectivity index (χ3v) is 3.69. The van der Waals surface area contributed by atoms with Crippen molar-refractivity contribution in [3.8, 4) is 0 Å². The minimum atomic E-state index is -4.49. The number of rotatable bonds is 3. The lowest BCUT2D eigenvalue weighted by atomic mass is 10.1. The monoisotopic (exact) mass is 349 g/mol. The van der Waals surface area contributed by atoms with Gasteiger partial charge < -0.3 is 16.0 Å². The van der Waals surface area contributed by atoms with Crippen molar-refractivity contribution in [2.75, 3.05) is 16.0 Å². The molecule has 0 bridgehead atoms. The maximum atomic E-state index is 12.7. The molecule has 5 nitrogen and oxygen atoms in total. The number of hydrogen-bond donors (Lipinski definition) is 3. The molecule has 0 saturated heterocycles. The fraction of sp³-hybridized carbons (Fsp3) is 0.176. The van der Waals surface area contributed by atoms with Crippen molar-refractivity contribution in [1.29, 1.82) is 0 Å². The number of carbonyl (C=O) groups is 2. The van der Waals surface area contributed by atoms with Gasteiger partial charge in [0, 0.05) is 5.69 Å². The van der Waals surface area contributed by atoms with E-state index in [1.54, 1.807) is 24.3 Å². The van der Waals surface area contributed by atoms with Gasteiger partial charge in [-0.25, -0.2) is 0 Å². The van der Waals surface area contributed by atoms with Crippen LogP contribution in [0.5, 0.6) is 0 Å². The number of carbonyl (C=O) groups excluding carboxylic acids is 2. The summed E-state index contributed by atoms with van der Waals surface area (Å²) < 4.78 is 38.1.